The van der Waals surface area contributed by atoms with Gasteiger partial charge in [0.05, 0.1) is 7.11 Å². The van der Waals surface area contributed by atoms with Gasteiger partial charge in [0.1, 0.15) is 0 Å². The number of ether oxygens (including phenoxy) is 1. The van der Waals surface area contributed by atoms with Crippen molar-refractivity contribution < 1.29 is 4.74 Å². The average molecular weight is 204 g/mol. The molecule has 3 heteroatoms. The zero-order valence-electron chi connectivity index (χ0n) is 8.99. The Labute approximate surface area is 90.9 Å². The van der Waals surface area contributed by atoms with E-state index in [0.717, 1.165) is 37.4 Å². The van der Waals surface area contributed by atoms with Gasteiger partial charge in [0, 0.05) is 19.2 Å². The van der Waals surface area contributed by atoms with Gasteiger partial charge in [-0.25, -0.2) is 4.98 Å². The van der Waals surface area contributed by atoms with E-state index in [1.165, 1.54) is 0 Å². The molecule has 15 heavy (non-hydrogen) atoms. The number of aromatic nitrogens is 1. The van der Waals surface area contributed by atoms with Crippen LogP contribution in [0.15, 0.2) is 18.3 Å². The Bertz CT molecular complexity index is 331. The van der Waals surface area contributed by atoms with Crippen LogP contribution < -0.4 is 10.1 Å². The molecule has 0 spiro atoms. The molecule has 0 radical (unpaired) electrons. The molecule has 1 aromatic rings. The second-order valence-corrected chi connectivity index (χ2v) is 3.14. The Kier molecular flexibility index (Phi) is 5.10. The largest absolute Gasteiger partial charge is 0.493 e. The van der Waals surface area contributed by atoms with Gasteiger partial charge in [-0.2, -0.15) is 0 Å². The van der Waals surface area contributed by atoms with Crippen molar-refractivity contribution in [2.45, 2.75) is 19.3 Å². The second-order valence-electron chi connectivity index (χ2n) is 3.14. The zero-order chi connectivity index (χ0) is 10.9. The van der Waals surface area contributed by atoms with Gasteiger partial charge in [-0.05, 0) is 25.0 Å². The van der Waals surface area contributed by atoms with Crippen molar-refractivity contribution in [3.63, 3.8) is 0 Å². The van der Waals surface area contributed by atoms with Gasteiger partial charge < -0.3 is 10.1 Å². The summed E-state index contributed by atoms with van der Waals surface area (Å²) in [5.74, 6) is 4.19. The van der Waals surface area contributed by atoms with Crippen LogP contribution in [-0.4, -0.2) is 18.6 Å². The third kappa shape index (κ3) is 3.90. The maximum absolute atomic E-state index is 5.17. The van der Waals surface area contributed by atoms with Crippen LogP contribution in [0, 0.1) is 12.3 Å². The highest BCUT2D eigenvalue weighted by molar-refractivity contribution is 5.49. The fourth-order valence-electron chi connectivity index (χ4n) is 1.25. The van der Waals surface area contributed by atoms with E-state index in [1.54, 1.807) is 13.3 Å². The number of methoxy groups -OCH3 is 1. The molecule has 1 heterocycles. The van der Waals surface area contributed by atoms with Crippen molar-refractivity contribution in [1.29, 1.82) is 0 Å². The van der Waals surface area contributed by atoms with Crippen LogP contribution in [0.25, 0.3) is 0 Å². The van der Waals surface area contributed by atoms with Crippen LogP contribution >= 0.6 is 0 Å². The number of rotatable bonds is 6. The van der Waals surface area contributed by atoms with Crippen LogP contribution in [0.4, 0.5) is 5.82 Å². The van der Waals surface area contributed by atoms with E-state index >= 15 is 0 Å². The first kappa shape index (κ1) is 11.4. The standard InChI is InChI=1S/C12H16N2O/c1-3-4-5-6-9-13-12-11(15-2)8-7-10-14-12/h1,7-8,10H,4-6,9H2,2H3,(H,13,14). The number of nitrogens with zero attached hydrogens (tertiary/aromatic N) is 1. The van der Waals surface area contributed by atoms with Crippen LogP contribution in [-0.2, 0) is 0 Å². The van der Waals surface area contributed by atoms with E-state index in [4.69, 9.17) is 11.2 Å². The Balaban J connectivity index is 2.34. The first-order valence-electron chi connectivity index (χ1n) is 5.05. The van der Waals surface area contributed by atoms with Crippen LogP contribution in [0.3, 0.4) is 0 Å². The average Bonchev–Trinajstić information content (AvgIpc) is 2.29. The summed E-state index contributed by atoms with van der Waals surface area (Å²) in [4.78, 5) is 4.19. The molecule has 0 amide bonds. The van der Waals surface area contributed by atoms with E-state index in [-0.39, 0.29) is 0 Å². The van der Waals surface area contributed by atoms with E-state index < -0.39 is 0 Å². The molecule has 80 valence electrons. The summed E-state index contributed by atoms with van der Waals surface area (Å²) in [6.07, 6.45) is 9.83. The number of hydrogen-bond donors (Lipinski definition) is 1. The monoisotopic (exact) mass is 204 g/mol. The molecule has 0 bridgehead atoms. The predicted octanol–water partition coefficient (Wildman–Crippen LogP) is 2.31. The van der Waals surface area contributed by atoms with Crippen molar-refractivity contribution >= 4 is 5.82 Å². The Morgan fingerprint density at radius 1 is 1.53 bits per heavy atom. The van der Waals surface area contributed by atoms with E-state index in [0.29, 0.717) is 0 Å². The van der Waals surface area contributed by atoms with Crippen molar-refractivity contribution in [1.82, 2.24) is 4.98 Å². The molecular formula is C12H16N2O. The van der Waals surface area contributed by atoms with E-state index in [2.05, 4.69) is 16.2 Å². The Hall–Kier alpha value is -1.69. The molecule has 1 rings (SSSR count). The number of hydrogen-bond acceptors (Lipinski definition) is 3. The smallest absolute Gasteiger partial charge is 0.168 e. The number of terminal acetylenes is 1. The second kappa shape index (κ2) is 6.72. The third-order valence-electron chi connectivity index (χ3n) is 2.03. The Morgan fingerprint density at radius 3 is 3.13 bits per heavy atom. The highest BCUT2D eigenvalue weighted by Crippen LogP contribution is 2.19. The summed E-state index contributed by atoms with van der Waals surface area (Å²) >= 11 is 0. The van der Waals surface area contributed by atoms with E-state index in [1.807, 2.05) is 12.1 Å². The minimum absolute atomic E-state index is 0.773. The number of pyridine rings is 1. The van der Waals surface area contributed by atoms with Crippen molar-refractivity contribution in [2.24, 2.45) is 0 Å². The maximum atomic E-state index is 5.17. The highest BCUT2D eigenvalue weighted by Gasteiger charge is 2.00. The number of unbranched alkanes of at least 4 members (excludes halogenated alkanes) is 2. The van der Waals surface area contributed by atoms with Gasteiger partial charge >= 0.3 is 0 Å². The fourth-order valence-corrected chi connectivity index (χ4v) is 1.25. The maximum Gasteiger partial charge on any atom is 0.168 e. The Morgan fingerprint density at radius 2 is 2.40 bits per heavy atom. The molecule has 1 N–H and O–H groups in total. The fraction of sp³-hybridized carbons (Fsp3) is 0.417. The molecule has 0 fully saturated rings. The molecular weight excluding hydrogens is 188 g/mol. The summed E-state index contributed by atoms with van der Waals surface area (Å²) in [6.45, 7) is 0.870. The summed E-state index contributed by atoms with van der Waals surface area (Å²) < 4.78 is 5.17. The van der Waals surface area contributed by atoms with Gasteiger partial charge in [0.15, 0.2) is 11.6 Å². The zero-order valence-corrected chi connectivity index (χ0v) is 8.99. The third-order valence-corrected chi connectivity index (χ3v) is 2.03. The molecule has 3 nitrogen and oxygen atoms in total. The summed E-state index contributed by atoms with van der Waals surface area (Å²) in [6, 6.07) is 3.74. The first-order chi connectivity index (χ1) is 7.38. The van der Waals surface area contributed by atoms with Crippen molar-refractivity contribution in [3.05, 3.63) is 18.3 Å². The van der Waals surface area contributed by atoms with Gasteiger partial charge in [-0.1, -0.05) is 0 Å². The van der Waals surface area contributed by atoms with Crippen molar-refractivity contribution in [2.75, 3.05) is 19.0 Å². The topological polar surface area (TPSA) is 34.2 Å². The molecule has 0 aliphatic heterocycles. The number of nitrogens with one attached hydrogen (secondary N) is 1. The van der Waals surface area contributed by atoms with Crippen LogP contribution in [0.5, 0.6) is 5.75 Å². The molecule has 0 aliphatic carbocycles. The molecule has 0 atom stereocenters. The summed E-state index contributed by atoms with van der Waals surface area (Å²) in [5.41, 5.74) is 0. The predicted molar refractivity (Wildman–Crippen MR) is 62.0 cm³/mol. The molecule has 1 aromatic heterocycles. The summed E-state index contributed by atoms with van der Waals surface area (Å²) in [5, 5.41) is 3.22. The minimum atomic E-state index is 0.773. The lowest BCUT2D eigenvalue weighted by atomic mass is 10.2. The quantitative estimate of drug-likeness (QED) is 0.570. The lowest BCUT2D eigenvalue weighted by molar-refractivity contribution is 0.415. The number of anilines is 1. The lowest BCUT2D eigenvalue weighted by Crippen LogP contribution is -2.04. The minimum Gasteiger partial charge on any atom is -0.493 e. The van der Waals surface area contributed by atoms with Crippen molar-refractivity contribution in [3.8, 4) is 18.1 Å². The summed E-state index contributed by atoms with van der Waals surface area (Å²) in [7, 11) is 1.64. The first-order valence-corrected chi connectivity index (χ1v) is 5.05. The molecule has 0 unspecified atom stereocenters. The van der Waals surface area contributed by atoms with Gasteiger partial charge in [0.25, 0.3) is 0 Å². The van der Waals surface area contributed by atoms with Crippen LogP contribution in [0.2, 0.25) is 0 Å². The molecule has 0 saturated heterocycles. The molecule has 0 saturated carbocycles. The van der Waals surface area contributed by atoms with Gasteiger partial charge in [-0.3, -0.25) is 0 Å². The van der Waals surface area contributed by atoms with Gasteiger partial charge in [0.2, 0.25) is 0 Å². The van der Waals surface area contributed by atoms with Gasteiger partial charge in [-0.15, -0.1) is 12.3 Å². The van der Waals surface area contributed by atoms with E-state index in [9.17, 15) is 0 Å². The SMILES string of the molecule is C#CCCCCNc1ncccc1OC. The highest BCUT2D eigenvalue weighted by atomic mass is 16.5. The van der Waals surface area contributed by atoms with Crippen LogP contribution in [0.1, 0.15) is 19.3 Å². The normalized spacial score (nSPS) is 9.33. The molecule has 0 aliphatic rings. The lowest BCUT2D eigenvalue weighted by Gasteiger charge is -2.08. The molecule has 0 aromatic carbocycles.